The maximum absolute atomic E-state index is 13.3. The molecular formula is C11H15F2NO3S. The van der Waals surface area contributed by atoms with Gasteiger partial charge in [-0.05, 0) is 12.8 Å². The molecule has 18 heavy (non-hydrogen) atoms. The lowest BCUT2D eigenvalue weighted by Gasteiger charge is -2.31. The van der Waals surface area contributed by atoms with Crippen molar-refractivity contribution >= 4 is 23.6 Å². The lowest BCUT2D eigenvalue weighted by atomic mass is 9.85. The van der Waals surface area contributed by atoms with Gasteiger partial charge in [0.1, 0.15) is 6.04 Å². The molecule has 0 aromatic rings. The molecule has 4 nitrogen and oxygen atoms in total. The van der Waals surface area contributed by atoms with Crippen LogP contribution in [0.3, 0.4) is 0 Å². The van der Waals surface area contributed by atoms with Gasteiger partial charge in [-0.1, -0.05) is 0 Å². The molecule has 1 heterocycles. The fraction of sp³-hybridized carbons (Fsp3) is 0.818. The third-order valence-electron chi connectivity index (χ3n) is 3.44. The summed E-state index contributed by atoms with van der Waals surface area (Å²) in [5.41, 5.74) is 0. The zero-order valence-electron chi connectivity index (χ0n) is 9.77. The summed E-state index contributed by atoms with van der Waals surface area (Å²) in [7, 11) is 0. The third-order valence-corrected chi connectivity index (χ3v) is 4.45. The van der Waals surface area contributed by atoms with Gasteiger partial charge < -0.3 is 10.0 Å². The third kappa shape index (κ3) is 2.76. The molecule has 0 aromatic carbocycles. The van der Waals surface area contributed by atoms with Gasteiger partial charge in [0.2, 0.25) is 11.8 Å². The van der Waals surface area contributed by atoms with Crippen LogP contribution in [-0.4, -0.2) is 45.5 Å². The molecule has 0 spiro atoms. The van der Waals surface area contributed by atoms with E-state index in [4.69, 9.17) is 5.11 Å². The summed E-state index contributed by atoms with van der Waals surface area (Å²) in [6.07, 6.45) is 0.136. The van der Waals surface area contributed by atoms with Crippen molar-refractivity contribution in [3.8, 4) is 0 Å². The summed E-state index contributed by atoms with van der Waals surface area (Å²) in [6, 6.07) is -0.863. The number of aliphatic carboxylic acids is 1. The first kappa shape index (κ1) is 13.6. The van der Waals surface area contributed by atoms with Crippen LogP contribution in [0.25, 0.3) is 0 Å². The summed E-state index contributed by atoms with van der Waals surface area (Å²) < 4.78 is 26.5. The Hall–Kier alpha value is -0.850. The molecule has 1 saturated carbocycles. The Morgan fingerprint density at radius 2 is 2.11 bits per heavy atom. The molecule has 2 rings (SSSR count). The van der Waals surface area contributed by atoms with Crippen LogP contribution in [0.5, 0.6) is 0 Å². The molecule has 1 saturated heterocycles. The molecule has 0 aromatic heterocycles. The average molecular weight is 279 g/mol. The minimum Gasteiger partial charge on any atom is -0.480 e. The molecule has 1 N–H and O–H groups in total. The van der Waals surface area contributed by atoms with E-state index in [0.29, 0.717) is 18.6 Å². The van der Waals surface area contributed by atoms with E-state index >= 15 is 0 Å². The summed E-state index contributed by atoms with van der Waals surface area (Å²) in [4.78, 5) is 24.3. The molecule has 2 aliphatic rings. The van der Waals surface area contributed by atoms with E-state index < -0.39 is 36.2 Å². The van der Waals surface area contributed by atoms with Crippen molar-refractivity contribution in [2.45, 2.75) is 37.6 Å². The molecule has 1 aliphatic heterocycles. The first-order chi connectivity index (χ1) is 8.41. The van der Waals surface area contributed by atoms with Gasteiger partial charge in [0, 0.05) is 24.5 Å². The van der Waals surface area contributed by atoms with E-state index in [1.54, 1.807) is 0 Å². The van der Waals surface area contributed by atoms with Gasteiger partial charge in [-0.2, -0.15) is 0 Å². The molecule has 7 heteroatoms. The second-order valence-electron chi connectivity index (χ2n) is 4.81. The largest absolute Gasteiger partial charge is 0.480 e. The lowest BCUT2D eigenvalue weighted by molar-refractivity contribution is -0.152. The fourth-order valence-corrected chi connectivity index (χ4v) is 3.64. The predicted octanol–water partition coefficient (Wildman–Crippen LogP) is 1.80. The first-order valence-electron chi connectivity index (χ1n) is 5.89. The smallest absolute Gasteiger partial charge is 0.327 e. The maximum atomic E-state index is 13.3. The van der Waals surface area contributed by atoms with Gasteiger partial charge in [-0.15, -0.1) is 11.8 Å². The van der Waals surface area contributed by atoms with Crippen molar-refractivity contribution in [2.24, 2.45) is 5.92 Å². The summed E-state index contributed by atoms with van der Waals surface area (Å²) >= 11 is 1.35. The highest BCUT2D eigenvalue weighted by Crippen LogP contribution is 2.38. The first-order valence-corrected chi connectivity index (χ1v) is 7.05. The molecule has 1 amide bonds. The number of rotatable bonds is 2. The zero-order valence-corrected chi connectivity index (χ0v) is 10.6. The van der Waals surface area contributed by atoms with E-state index in [0.717, 1.165) is 0 Å². The number of nitrogens with zero attached hydrogens (tertiary/aromatic N) is 1. The molecule has 1 aliphatic carbocycles. The number of hydrogen-bond donors (Lipinski definition) is 1. The molecule has 102 valence electrons. The second kappa shape index (κ2) is 5.03. The predicted molar refractivity (Wildman–Crippen MR) is 62.5 cm³/mol. The van der Waals surface area contributed by atoms with Crippen molar-refractivity contribution < 1.29 is 23.5 Å². The number of hydrogen-bond acceptors (Lipinski definition) is 3. The average Bonchev–Trinajstić information content (AvgIpc) is 2.75. The lowest BCUT2D eigenvalue weighted by Crippen LogP contribution is -2.46. The Kier molecular flexibility index (Phi) is 3.79. The minimum atomic E-state index is -2.79. The highest BCUT2D eigenvalue weighted by atomic mass is 32.2. The van der Waals surface area contributed by atoms with E-state index in [1.807, 2.05) is 0 Å². The Labute approximate surface area is 108 Å². The van der Waals surface area contributed by atoms with E-state index in [2.05, 4.69) is 0 Å². The van der Waals surface area contributed by atoms with E-state index in [1.165, 1.54) is 16.7 Å². The normalized spacial score (nSPS) is 31.3. The van der Waals surface area contributed by atoms with Gasteiger partial charge in [0.15, 0.2) is 0 Å². The van der Waals surface area contributed by atoms with Crippen LogP contribution >= 0.6 is 11.8 Å². The fourth-order valence-electron chi connectivity index (χ4n) is 2.48. The summed E-state index contributed by atoms with van der Waals surface area (Å²) in [6.45, 7) is 0. The van der Waals surface area contributed by atoms with Crippen LogP contribution in [0, 0.1) is 5.92 Å². The van der Waals surface area contributed by atoms with Crippen molar-refractivity contribution in [3.63, 3.8) is 0 Å². The molecule has 0 radical (unpaired) electrons. The van der Waals surface area contributed by atoms with Crippen molar-refractivity contribution in [1.82, 2.24) is 4.90 Å². The second-order valence-corrected chi connectivity index (χ2v) is 5.81. The Morgan fingerprint density at radius 1 is 1.39 bits per heavy atom. The topological polar surface area (TPSA) is 57.6 Å². The Bertz CT molecular complexity index is 364. The van der Waals surface area contributed by atoms with Gasteiger partial charge in [0.05, 0.1) is 5.88 Å². The summed E-state index contributed by atoms with van der Waals surface area (Å²) in [5, 5.41) is 8.98. The maximum Gasteiger partial charge on any atom is 0.327 e. The van der Waals surface area contributed by atoms with Gasteiger partial charge >= 0.3 is 5.97 Å². The monoisotopic (exact) mass is 279 g/mol. The Balaban J connectivity index is 2.04. The molecule has 1 unspecified atom stereocenters. The number of carbonyl (C=O) groups excluding carboxylic acids is 1. The standard InChI is InChI=1S/C11H15F2NO3S/c12-11(13)3-1-2-7(4-11)9(15)14-6-18-5-8(14)10(16)17/h7-8H,1-6H2,(H,16,17)/t7?,8-/m0/s1. The number of halogens is 2. The molecule has 0 bridgehead atoms. The Morgan fingerprint density at radius 3 is 2.72 bits per heavy atom. The zero-order chi connectivity index (χ0) is 13.3. The molecule has 2 fully saturated rings. The number of carboxylic acid groups (broad SMARTS) is 1. The van der Waals surface area contributed by atoms with Crippen molar-refractivity contribution in [3.05, 3.63) is 0 Å². The number of amides is 1. The van der Waals surface area contributed by atoms with Gasteiger partial charge in [-0.3, -0.25) is 4.79 Å². The van der Waals surface area contributed by atoms with E-state index in [9.17, 15) is 18.4 Å². The SMILES string of the molecule is O=C(O)[C@@H]1CSCN1C(=O)C1CCCC(F)(F)C1. The van der Waals surface area contributed by atoms with Crippen LogP contribution < -0.4 is 0 Å². The van der Waals surface area contributed by atoms with Crippen molar-refractivity contribution in [2.75, 3.05) is 11.6 Å². The number of alkyl halides is 2. The van der Waals surface area contributed by atoms with Gasteiger partial charge in [-0.25, -0.2) is 13.6 Å². The molecule has 2 atom stereocenters. The van der Waals surface area contributed by atoms with Crippen LogP contribution in [0.15, 0.2) is 0 Å². The number of carbonyl (C=O) groups is 2. The minimum absolute atomic E-state index is 0.173. The van der Waals surface area contributed by atoms with Gasteiger partial charge in [0.25, 0.3) is 0 Å². The highest BCUT2D eigenvalue weighted by molar-refractivity contribution is 7.99. The summed E-state index contributed by atoms with van der Waals surface area (Å²) in [5.74, 6) is -4.37. The van der Waals surface area contributed by atoms with Crippen LogP contribution in [0.1, 0.15) is 25.7 Å². The van der Waals surface area contributed by atoms with Crippen molar-refractivity contribution in [1.29, 1.82) is 0 Å². The number of carboxylic acids is 1. The highest BCUT2D eigenvalue weighted by Gasteiger charge is 2.43. The quantitative estimate of drug-likeness (QED) is 0.837. The number of thioether (sulfide) groups is 1. The van der Waals surface area contributed by atoms with Crippen LogP contribution in [-0.2, 0) is 9.59 Å². The van der Waals surface area contributed by atoms with Crippen LogP contribution in [0.2, 0.25) is 0 Å². The molecular weight excluding hydrogens is 264 g/mol. The van der Waals surface area contributed by atoms with Crippen LogP contribution in [0.4, 0.5) is 8.78 Å². The van der Waals surface area contributed by atoms with E-state index in [-0.39, 0.29) is 12.3 Å².